The van der Waals surface area contributed by atoms with Crippen molar-refractivity contribution >= 4 is 12.0 Å². The third-order valence-corrected chi connectivity index (χ3v) is 3.15. The molecule has 1 N–H and O–H groups in total. The molecule has 0 saturated carbocycles. The third kappa shape index (κ3) is 8.04. The molecule has 0 atom stereocenters. The van der Waals surface area contributed by atoms with Gasteiger partial charge in [-0.1, -0.05) is 6.07 Å². The molecule has 6 nitrogen and oxygen atoms in total. The minimum absolute atomic E-state index is 0.217. The van der Waals surface area contributed by atoms with Gasteiger partial charge >= 0.3 is 12.0 Å². The van der Waals surface area contributed by atoms with Gasteiger partial charge < -0.3 is 19.7 Å². The summed E-state index contributed by atoms with van der Waals surface area (Å²) in [6.07, 6.45) is 1.72. The molecule has 2 amide bonds. The molecule has 0 aromatic heterocycles. The van der Waals surface area contributed by atoms with E-state index in [1.54, 1.807) is 19.2 Å². The minimum Gasteiger partial charge on any atom is -0.492 e. The van der Waals surface area contributed by atoms with Crippen LogP contribution in [0.1, 0.15) is 19.3 Å². The summed E-state index contributed by atoms with van der Waals surface area (Å²) in [5.74, 6) is -0.176. The van der Waals surface area contributed by atoms with Gasteiger partial charge in [-0.05, 0) is 25.0 Å². The number of benzene rings is 1. The molecule has 1 aromatic carbocycles. The van der Waals surface area contributed by atoms with E-state index in [4.69, 9.17) is 4.74 Å². The van der Waals surface area contributed by atoms with E-state index in [9.17, 15) is 14.0 Å². The van der Waals surface area contributed by atoms with Crippen LogP contribution in [0.15, 0.2) is 24.3 Å². The number of nitrogens with one attached hydrogen (secondary N) is 1. The van der Waals surface area contributed by atoms with Crippen LogP contribution in [-0.4, -0.2) is 50.8 Å². The number of hydrogen-bond acceptors (Lipinski definition) is 4. The number of ether oxygens (including phenoxy) is 2. The maximum Gasteiger partial charge on any atom is 0.317 e. The van der Waals surface area contributed by atoms with E-state index < -0.39 is 0 Å². The van der Waals surface area contributed by atoms with Crippen molar-refractivity contribution in [2.45, 2.75) is 19.3 Å². The number of carbonyl (C=O) groups excluding carboxylic acids is 2. The van der Waals surface area contributed by atoms with Crippen LogP contribution in [0.25, 0.3) is 0 Å². The van der Waals surface area contributed by atoms with E-state index in [2.05, 4.69) is 10.1 Å². The fourth-order valence-corrected chi connectivity index (χ4v) is 1.79. The predicted octanol–water partition coefficient (Wildman–Crippen LogP) is 2.19. The van der Waals surface area contributed by atoms with Crippen molar-refractivity contribution in [2.75, 3.05) is 33.9 Å². The van der Waals surface area contributed by atoms with E-state index in [0.717, 1.165) is 0 Å². The lowest BCUT2D eigenvalue weighted by atomic mass is 10.2. The molecular formula is C16H23FN2O4. The van der Waals surface area contributed by atoms with Crippen LogP contribution in [0.3, 0.4) is 0 Å². The Morgan fingerprint density at radius 3 is 2.78 bits per heavy atom. The zero-order valence-electron chi connectivity index (χ0n) is 13.5. The molecule has 0 bridgehead atoms. The first-order chi connectivity index (χ1) is 11.0. The molecule has 1 rings (SSSR count). The first-order valence-corrected chi connectivity index (χ1v) is 7.47. The van der Waals surface area contributed by atoms with Gasteiger partial charge in [0.2, 0.25) is 0 Å². The average molecular weight is 326 g/mol. The number of urea groups is 1. The molecule has 0 saturated heterocycles. The Morgan fingerprint density at radius 1 is 1.30 bits per heavy atom. The second-order valence-corrected chi connectivity index (χ2v) is 4.99. The van der Waals surface area contributed by atoms with Crippen molar-refractivity contribution in [2.24, 2.45) is 0 Å². The van der Waals surface area contributed by atoms with E-state index in [-0.39, 0.29) is 24.4 Å². The maximum atomic E-state index is 13.0. The Labute approximate surface area is 135 Å². The van der Waals surface area contributed by atoms with Gasteiger partial charge in [-0.25, -0.2) is 9.18 Å². The van der Waals surface area contributed by atoms with Crippen LogP contribution in [0.5, 0.6) is 5.75 Å². The van der Waals surface area contributed by atoms with Crippen molar-refractivity contribution in [3.63, 3.8) is 0 Å². The Balaban J connectivity index is 2.13. The molecule has 0 unspecified atom stereocenters. The largest absolute Gasteiger partial charge is 0.492 e. The second-order valence-electron chi connectivity index (χ2n) is 4.99. The normalized spacial score (nSPS) is 10.0. The molecule has 1 aromatic rings. The van der Waals surface area contributed by atoms with Crippen molar-refractivity contribution in [3.8, 4) is 5.75 Å². The summed E-state index contributed by atoms with van der Waals surface area (Å²) in [7, 11) is 3.00. The van der Waals surface area contributed by atoms with Gasteiger partial charge in [0.05, 0.1) is 13.7 Å². The number of likely N-dealkylation sites (N-methyl/N-ethyl adjacent to an activating group) is 1. The Kier molecular flexibility index (Phi) is 8.49. The topological polar surface area (TPSA) is 67.9 Å². The summed E-state index contributed by atoms with van der Waals surface area (Å²) in [6.45, 7) is 1.14. The maximum absolute atomic E-state index is 13.0. The van der Waals surface area contributed by atoms with Crippen LogP contribution in [0, 0.1) is 5.82 Å². The number of rotatable bonds is 9. The molecule has 0 aliphatic heterocycles. The van der Waals surface area contributed by atoms with Gasteiger partial charge in [0, 0.05) is 26.1 Å². The second kappa shape index (κ2) is 10.4. The van der Waals surface area contributed by atoms with Crippen LogP contribution in [0.4, 0.5) is 9.18 Å². The fourth-order valence-electron chi connectivity index (χ4n) is 1.79. The van der Waals surface area contributed by atoms with Gasteiger partial charge in [0.1, 0.15) is 18.2 Å². The molecule has 0 radical (unpaired) electrons. The average Bonchev–Trinajstić information content (AvgIpc) is 2.54. The highest BCUT2D eigenvalue weighted by molar-refractivity contribution is 5.73. The lowest BCUT2D eigenvalue weighted by Gasteiger charge is -2.18. The Hall–Kier alpha value is -2.31. The van der Waals surface area contributed by atoms with E-state index >= 15 is 0 Å². The lowest BCUT2D eigenvalue weighted by molar-refractivity contribution is -0.140. The van der Waals surface area contributed by atoms with Gasteiger partial charge in [-0.3, -0.25) is 4.79 Å². The minimum atomic E-state index is -0.361. The molecule has 0 fully saturated rings. The summed E-state index contributed by atoms with van der Waals surface area (Å²) in [5, 5.41) is 2.75. The third-order valence-electron chi connectivity index (χ3n) is 3.15. The summed E-state index contributed by atoms with van der Waals surface area (Å²) < 4.78 is 22.9. The zero-order valence-corrected chi connectivity index (χ0v) is 13.5. The number of halogens is 1. The van der Waals surface area contributed by atoms with Crippen LogP contribution in [0.2, 0.25) is 0 Å². The molecule has 0 spiro atoms. The van der Waals surface area contributed by atoms with E-state index in [0.29, 0.717) is 38.1 Å². The lowest BCUT2D eigenvalue weighted by Crippen LogP contribution is -2.39. The monoisotopic (exact) mass is 326 g/mol. The van der Waals surface area contributed by atoms with Crippen molar-refractivity contribution in [1.29, 1.82) is 0 Å². The zero-order chi connectivity index (χ0) is 17.1. The van der Waals surface area contributed by atoms with Gasteiger partial charge in [-0.15, -0.1) is 0 Å². The number of unbranched alkanes of at least 4 members (excludes halogenated alkanes) is 1. The van der Waals surface area contributed by atoms with Crippen LogP contribution in [-0.2, 0) is 9.53 Å². The van der Waals surface area contributed by atoms with Gasteiger partial charge in [-0.2, -0.15) is 0 Å². The Bertz CT molecular complexity index is 511. The number of esters is 1. The van der Waals surface area contributed by atoms with Gasteiger partial charge in [0.15, 0.2) is 0 Å². The highest BCUT2D eigenvalue weighted by atomic mass is 19.1. The van der Waals surface area contributed by atoms with E-state index in [1.807, 2.05) is 0 Å². The number of nitrogens with zero attached hydrogens (tertiary/aromatic N) is 1. The molecule has 0 aliphatic rings. The van der Waals surface area contributed by atoms with Crippen LogP contribution >= 0.6 is 0 Å². The molecular weight excluding hydrogens is 303 g/mol. The molecule has 128 valence electrons. The summed E-state index contributed by atoms with van der Waals surface area (Å²) >= 11 is 0. The van der Waals surface area contributed by atoms with E-state index in [1.165, 1.54) is 24.1 Å². The molecule has 23 heavy (non-hydrogen) atoms. The quantitative estimate of drug-likeness (QED) is 0.558. The van der Waals surface area contributed by atoms with Crippen molar-refractivity contribution in [3.05, 3.63) is 30.1 Å². The SMILES string of the molecule is COC(=O)CCCCNC(=O)N(C)CCOc1cccc(F)c1. The van der Waals surface area contributed by atoms with Crippen molar-refractivity contribution < 1.29 is 23.5 Å². The van der Waals surface area contributed by atoms with Crippen LogP contribution < -0.4 is 10.1 Å². The van der Waals surface area contributed by atoms with Gasteiger partial charge in [0.25, 0.3) is 0 Å². The standard InChI is InChI=1S/C16H23FN2O4/c1-19(10-11-23-14-7-5-6-13(17)12-14)16(21)18-9-4-3-8-15(20)22-2/h5-7,12H,3-4,8-11H2,1-2H3,(H,18,21). The number of hydrogen-bond donors (Lipinski definition) is 1. The highest BCUT2D eigenvalue weighted by Gasteiger charge is 2.08. The number of methoxy groups -OCH3 is 1. The summed E-state index contributed by atoms with van der Waals surface area (Å²) in [5.41, 5.74) is 0. The fraction of sp³-hybridized carbons (Fsp3) is 0.500. The Morgan fingerprint density at radius 2 is 2.09 bits per heavy atom. The summed E-state index contributed by atoms with van der Waals surface area (Å²) in [6, 6.07) is 5.64. The summed E-state index contributed by atoms with van der Waals surface area (Å²) in [4.78, 5) is 24.2. The molecule has 7 heteroatoms. The predicted molar refractivity (Wildman–Crippen MR) is 83.8 cm³/mol. The smallest absolute Gasteiger partial charge is 0.317 e. The number of amides is 2. The first-order valence-electron chi connectivity index (χ1n) is 7.47. The molecule has 0 aliphatic carbocycles. The molecule has 0 heterocycles. The highest BCUT2D eigenvalue weighted by Crippen LogP contribution is 2.11. The number of carbonyl (C=O) groups is 2. The first kappa shape index (κ1) is 18.7. The van der Waals surface area contributed by atoms with Crippen molar-refractivity contribution in [1.82, 2.24) is 10.2 Å².